The largest absolute Gasteiger partial charge is 0.545 e. The van der Waals surface area contributed by atoms with Gasteiger partial charge in [-0.05, 0) is 34.2 Å². The molecule has 0 aliphatic carbocycles. The predicted octanol–water partition coefficient (Wildman–Crippen LogP) is 3.66. The van der Waals surface area contributed by atoms with Crippen LogP contribution in [0.1, 0.15) is 41.3 Å². The number of aromatic carboxylic acids is 1. The molecule has 6 heteroatoms. The van der Waals surface area contributed by atoms with E-state index in [1.807, 2.05) is 17.5 Å². The molecule has 2 aromatic heterocycles. The van der Waals surface area contributed by atoms with E-state index in [9.17, 15) is 14.7 Å². The molecular formula is C23H19N2O3S-. The number of carboxylic acid groups (broad SMARTS) is 1. The summed E-state index contributed by atoms with van der Waals surface area (Å²) in [5.74, 6) is -0.795. The number of carboxylic acids is 1. The van der Waals surface area contributed by atoms with Gasteiger partial charge in [0.2, 0.25) is 0 Å². The van der Waals surface area contributed by atoms with Crippen molar-refractivity contribution in [3.05, 3.63) is 87.3 Å². The predicted molar refractivity (Wildman–Crippen MR) is 113 cm³/mol. The molecular weight excluding hydrogens is 384 g/mol. The molecule has 0 fully saturated rings. The maximum absolute atomic E-state index is 13.2. The zero-order chi connectivity index (χ0) is 20.5. The van der Waals surface area contributed by atoms with Gasteiger partial charge in [-0.25, -0.2) is 4.98 Å². The van der Waals surface area contributed by atoms with Gasteiger partial charge in [0, 0.05) is 10.9 Å². The van der Waals surface area contributed by atoms with Gasteiger partial charge >= 0.3 is 0 Å². The molecule has 29 heavy (non-hydrogen) atoms. The number of hydrogen-bond donors (Lipinski definition) is 0. The fraction of sp³-hybridized carbons (Fsp3) is 0.174. The monoisotopic (exact) mass is 403 g/mol. The fourth-order valence-corrected chi connectivity index (χ4v) is 4.24. The molecule has 0 bridgehead atoms. The van der Waals surface area contributed by atoms with Crippen molar-refractivity contribution in [2.75, 3.05) is 0 Å². The molecule has 2 aromatic carbocycles. The van der Waals surface area contributed by atoms with Crippen molar-refractivity contribution in [1.82, 2.24) is 9.55 Å². The summed E-state index contributed by atoms with van der Waals surface area (Å²) < 4.78 is 1.51. The van der Waals surface area contributed by atoms with Crippen LogP contribution in [0.3, 0.4) is 0 Å². The molecule has 4 aromatic rings. The number of hydrogen-bond acceptors (Lipinski definition) is 5. The van der Waals surface area contributed by atoms with E-state index < -0.39 is 5.97 Å². The van der Waals surface area contributed by atoms with Crippen LogP contribution in [0.2, 0.25) is 0 Å². The summed E-state index contributed by atoms with van der Waals surface area (Å²) in [6.45, 7) is 4.53. The van der Waals surface area contributed by atoms with Crippen LogP contribution in [0, 0.1) is 0 Å². The maximum atomic E-state index is 13.2. The van der Waals surface area contributed by atoms with Gasteiger partial charge in [0.1, 0.15) is 4.83 Å². The number of carbonyl (C=O) groups excluding carboxylic acids is 1. The summed E-state index contributed by atoms with van der Waals surface area (Å²) in [4.78, 5) is 29.4. The number of fused-ring (bicyclic) bond motifs is 1. The van der Waals surface area contributed by atoms with Crippen molar-refractivity contribution < 1.29 is 9.90 Å². The second-order valence-corrected chi connectivity index (χ2v) is 8.13. The Kier molecular flexibility index (Phi) is 5.03. The smallest absolute Gasteiger partial charge is 0.263 e. The Hall–Kier alpha value is -3.25. The molecule has 5 nitrogen and oxygen atoms in total. The molecule has 146 valence electrons. The maximum Gasteiger partial charge on any atom is 0.263 e. The average molecular weight is 403 g/mol. The van der Waals surface area contributed by atoms with E-state index in [1.54, 1.807) is 12.1 Å². The number of carbonyl (C=O) groups is 1. The molecule has 4 rings (SSSR count). The Morgan fingerprint density at radius 3 is 2.62 bits per heavy atom. The number of rotatable bonds is 5. The normalized spacial score (nSPS) is 11.3. The highest BCUT2D eigenvalue weighted by Gasteiger charge is 2.14. The molecule has 0 saturated carbocycles. The van der Waals surface area contributed by atoms with E-state index >= 15 is 0 Å². The standard InChI is InChI=1S/C23H20N2O3S/c1-14(2)16-6-8-17(9-7-16)19-12-29-21-20(19)22(26)25(13-24-21)11-15-4-3-5-18(10-15)23(27)28/h3-10,12-14H,11H2,1-2H3,(H,27,28)/p-1. The molecule has 0 N–H and O–H groups in total. The lowest BCUT2D eigenvalue weighted by Crippen LogP contribution is -2.23. The molecule has 0 spiro atoms. The van der Waals surface area contributed by atoms with E-state index in [0.29, 0.717) is 21.7 Å². The lowest BCUT2D eigenvalue weighted by molar-refractivity contribution is -0.255. The first-order valence-electron chi connectivity index (χ1n) is 9.31. The summed E-state index contributed by atoms with van der Waals surface area (Å²) >= 11 is 1.44. The van der Waals surface area contributed by atoms with E-state index in [2.05, 4.69) is 31.0 Å². The quantitative estimate of drug-likeness (QED) is 0.510. The molecule has 0 aliphatic rings. The van der Waals surface area contributed by atoms with Gasteiger partial charge in [-0.15, -0.1) is 11.3 Å². The van der Waals surface area contributed by atoms with Crippen LogP contribution in [0.5, 0.6) is 0 Å². The lowest BCUT2D eigenvalue weighted by atomic mass is 9.99. The van der Waals surface area contributed by atoms with E-state index in [4.69, 9.17) is 0 Å². The molecule has 0 atom stereocenters. The third-order valence-corrected chi connectivity index (χ3v) is 5.85. The van der Waals surface area contributed by atoms with Gasteiger partial charge in [0.25, 0.3) is 5.56 Å². The molecule has 0 aliphatic heterocycles. The Balaban J connectivity index is 1.76. The van der Waals surface area contributed by atoms with Crippen LogP contribution in [-0.2, 0) is 6.54 Å². The number of benzene rings is 2. The first kappa shape index (κ1) is 19.1. The van der Waals surface area contributed by atoms with Crippen molar-refractivity contribution in [2.24, 2.45) is 0 Å². The van der Waals surface area contributed by atoms with E-state index in [-0.39, 0.29) is 17.7 Å². The summed E-state index contributed by atoms with van der Waals surface area (Å²) in [6, 6.07) is 14.7. The van der Waals surface area contributed by atoms with E-state index in [0.717, 1.165) is 11.1 Å². The highest BCUT2D eigenvalue weighted by molar-refractivity contribution is 7.17. The van der Waals surface area contributed by atoms with Gasteiger partial charge in [-0.1, -0.05) is 56.3 Å². The van der Waals surface area contributed by atoms with E-state index in [1.165, 1.54) is 39.9 Å². The minimum Gasteiger partial charge on any atom is -0.545 e. The van der Waals surface area contributed by atoms with Gasteiger partial charge in [0.15, 0.2) is 0 Å². The van der Waals surface area contributed by atoms with Crippen molar-refractivity contribution >= 4 is 27.5 Å². The Morgan fingerprint density at radius 1 is 1.17 bits per heavy atom. The van der Waals surface area contributed by atoms with Gasteiger partial charge < -0.3 is 9.90 Å². The molecule has 0 saturated heterocycles. The molecule has 0 amide bonds. The highest BCUT2D eigenvalue weighted by Crippen LogP contribution is 2.31. The van der Waals surface area contributed by atoms with Crippen molar-refractivity contribution in [3.8, 4) is 11.1 Å². The molecule has 0 unspecified atom stereocenters. The second kappa shape index (κ2) is 7.64. The second-order valence-electron chi connectivity index (χ2n) is 7.27. The van der Waals surface area contributed by atoms with Crippen LogP contribution in [0.15, 0.2) is 65.0 Å². The highest BCUT2D eigenvalue weighted by atomic mass is 32.1. The van der Waals surface area contributed by atoms with Gasteiger partial charge in [-0.3, -0.25) is 9.36 Å². The van der Waals surface area contributed by atoms with Gasteiger partial charge in [-0.2, -0.15) is 0 Å². The number of thiophene rings is 1. The lowest BCUT2D eigenvalue weighted by Gasteiger charge is -2.09. The zero-order valence-electron chi connectivity index (χ0n) is 16.1. The van der Waals surface area contributed by atoms with Crippen LogP contribution in [0.4, 0.5) is 0 Å². The summed E-state index contributed by atoms with van der Waals surface area (Å²) in [6.07, 6.45) is 1.51. The van der Waals surface area contributed by atoms with Crippen LogP contribution < -0.4 is 10.7 Å². The Labute approximate surface area is 171 Å². The van der Waals surface area contributed by atoms with Crippen LogP contribution in [-0.4, -0.2) is 15.5 Å². The third kappa shape index (κ3) is 3.71. The molecule has 0 radical (unpaired) electrons. The summed E-state index contributed by atoms with van der Waals surface area (Å²) in [7, 11) is 0. The first-order valence-corrected chi connectivity index (χ1v) is 10.2. The van der Waals surface area contributed by atoms with Crippen molar-refractivity contribution in [1.29, 1.82) is 0 Å². The Morgan fingerprint density at radius 2 is 1.93 bits per heavy atom. The number of aromatic nitrogens is 2. The first-order chi connectivity index (χ1) is 13.9. The van der Waals surface area contributed by atoms with Crippen LogP contribution in [0.25, 0.3) is 21.3 Å². The van der Waals surface area contributed by atoms with Gasteiger partial charge in [0.05, 0.1) is 24.2 Å². The zero-order valence-corrected chi connectivity index (χ0v) is 16.9. The SMILES string of the molecule is CC(C)c1ccc(-c2csc3ncn(Cc4cccc(C(=O)[O-])c4)c(=O)c23)cc1. The minimum atomic E-state index is -1.24. The molecule has 2 heterocycles. The summed E-state index contributed by atoms with van der Waals surface area (Å²) in [5.41, 5.74) is 3.75. The topological polar surface area (TPSA) is 75.0 Å². The number of nitrogens with zero attached hydrogens (tertiary/aromatic N) is 2. The van der Waals surface area contributed by atoms with Crippen LogP contribution >= 0.6 is 11.3 Å². The Bertz CT molecular complexity index is 1250. The minimum absolute atomic E-state index is 0.0889. The summed E-state index contributed by atoms with van der Waals surface area (Å²) in [5, 5.41) is 13.6. The third-order valence-electron chi connectivity index (χ3n) is 4.96. The fourth-order valence-electron chi connectivity index (χ4n) is 3.33. The average Bonchev–Trinajstić information content (AvgIpc) is 3.15. The van der Waals surface area contributed by atoms with Crippen molar-refractivity contribution in [2.45, 2.75) is 26.3 Å². The van der Waals surface area contributed by atoms with Crippen molar-refractivity contribution in [3.63, 3.8) is 0 Å².